The molecule has 1 aromatic heterocycles. The molecule has 118 valence electrons. The Morgan fingerprint density at radius 3 is 2.04 bits per heavy atom. The maximum atomic E-state index is 12.7. The normalized spacial score (nSPS) is 10.5. The molecule has 0 spiro atoms. The van der Waals surface area contributed by atoms with E-state index in [1.807, 2.05) is 24.3 Å². The summed E-state index contributed by atoms with van der Waals surface area (Å²) in [6.45, 7) is 1.04. The van der Waals surface area contributed by atoms with Gasteiger partial charge in [-0.1, -0.05) is 0 Å². The van der Waals surface area contributed by atoms with Crippen LogP contribution >= 0.6 is 0 Å². The van der Waals surface area contributed by atoms with Crippen LogP contribution < -0.4 is 9.47 Å². The lowest BCUT2D eigenvalue weighted by Crippen LogP contribution is -2.05. The molecule has 3 rings (SSSR count). The van der Waals surface area contributed by atoms with Gasteiger partial charge in [-0.3, -0.25) is 0 Å². The minimum atomic E-state index is -0.272. The topological polar surface area (TPSA) is 62.1 Å². The van der Waals surface area contributed by atoms with Gasteiger partial charge in [0.25, 0.3) is 0 Å². The Morgan fingerprint density at radius 2 is 1.48 bits per heavy atom. The van der Waals surface area contributed by atoms with E-state index in [0.717, 1.165) is 17.9 Å². The average molecular weight is 314 g/mol. The molecule has 0 aliphatic rings. The predicted molar refractivity (Wildman–Crippen MR) is 81.2 cm³/mol. The van der Waals surface area contributed by atoms with Gasteiger partial charge in [-0.2, -0.15) is 0 Å². The molecule has 23 heavy (non-hydrogen) atoms. The van der Waals surface area contributed by atoms with E-state index < -0.39 is 0 Å². The minimum Gasteiger partial charge on any atom is -0.493 e. The summed E-state index contributed by atoms with van der Waals surface area (Å²) in [7, 11) is 0. The van der Waals surface area contributed by atoms with Gasteiger partial charge in [0.1, 0.15) is 23.6 Å². The van der Waals surface area contributed by atoms with Gasteiger partial charge in [-0.05, 0) is 59.0 Å². The van der Waals surface area contributed by atoms with Crippen molar-refractivity contribution in [1.29, 1.82) is 0 Å². The highest BCUT2D eigenvalue weighted by Crippen LogP contribution is 2.15. The van der Waals surface area contributed by atoms with Crippen molar-refractivity contribution in [2.75, 3.05) is 13.2 Å². The monoisotopic (exact) mass is 314 g/mol. The molecule has 0 unspecified atom stereocenters. The van der Waals surface area contributed by atoms with E-state index in [9.17, 15) is 4.39 Å². The van der Waals surface area contributed by atoms with Gasteiger partial charge in [0.15, 0.2) is 0 Å². The molecule has 0 aliphatic carbocycles. The standard InChI is InChI=1S/C16H15FN4O2/c17-13-2-6-15(7-3-13)22-10-1-11-23-16-8-4-14(5-9-16)21-12-18-19-20-21/h2-9,12H,1,10-11H2. The fourth-order valence-electron chi connectivity index (χ4n) is 1.94. The number of ether oxygens (including phenoxy) is 2. The van der Waals surface area contributed by atoms with Crippen LogP contribution in [0.1, 0.15) is 6.42 Å². The summed E-state index contributed by atoms with van der Waals surface area (Å²) in [6.07, 6.45) is 2.26. The van der Waals surface area contributed by atoms with Gasteiger partial charge in [-0.25, -0.2) is 9.07 Å². The molecule has 0 radical (unpaired) electrons. The zero-order valence-corrected chi connectivity index (χ0v) is 12.3. The summed E-state index contributed by atoms with van der Waals surface area (Å²) >= 11 is 0. The molecule has 0 aliphatic heterocycles. The second kappa shape index (κ2) is 7.35. The van der Waals surface area contributed by atoms with E-state index in [1.54, 1.807) is 16.8 Å². The van der Waals surface area contributed by atoms with E-state index in [0.29, 0.717) is 19.0 Å². The lowest BCUT2D eigenvalue weighted by Gasteiger charge is -2.08. The van der Waals surface area contributed by atoms with Crippen LogP contribution in [-0.2, 0) is 0 Å². The summed E-state index contributed by atoms with van der Waals surface area (Å²) in [5.41, 5.74) is 0.863. The van der Waals surface area contributed by atoms with Crippen molar-refractivity contribution in [3.63, 3.8) is 0 Å². The molecular formula is C16H15FN4O2. The molecular weight excluding hydrogens is 299 g/mol. The summed E-state index contributed by atoms with van der Waals surface area (Å²) in [5.74, 6) is 1.15. The Kier molecular flexibility index (Phi) is 4.78. The van der Waals surface area contributed by atoms with Gasteiger partial charge in [0, 0.05) is 6.42 Å². The van der Waals surface area contributed by atoms with Crippen LogP contribution in [-0.4, -0.2) is 33.4 Å². The molecule has 2 aromatic carbocycles. The Labute approximate surface area is 132 Å². The van der Waals surface area contributed by atoms with Gasteiger partial charge >= 0.3 is 0 Å². The van der Waals surface area contributed by atoms with Gasteiger partial charge in [0.05, 0.1) is 18.9 Å². The molecule has 0 saturated carbocycles. The van der Waals surface area contributed by atoms with Gasteiger partial charge in [-0.15, -0.1) is 5.10 Å². The van der Waals surface area contributed by atoms with Crippen molar-refractivity contribution >= 4 is 0 Å². The number of hydrogen-bond acceptors (Lipinski definition) is 5. The van der Waals surface area contributed by atoms with Crippen molar-refractivity contribution in [3.8, 4) is 17.2 Å². The van der Waals surface area contributed by atoms with Crippen LogP contribution in [0.25, 0.3) is 5.69 Å². The van der Waals surface area contributed by atoms with Crippen LogP contribution in [0, 0.1) is 5.82 Å². The Hall–Kier alpha value is -2.96. The van der Waals surface area contributed by atoms with Crippen LogP contribution in [0.4, 0.5) is 4.39 Å². The lowest BCUT2D eigenvalue weighted by molar-refractivity contribution is 0.247. The van der Waals surface area contributed by atoms with E-state index in [-0.39, 0.29) is 5.82 Å². The molecule has 0 amide bonds. The number of tetrazole rings is 1. The van der Waals surface area contributed by atoms with Crippen LogP contribution in [0.15, 0.2) is 54.9 Å². The number of benzene rings is 2. The van der Waals surface area contributed by atoms with E-state index in [2.05, 4.69) is 15.5 Å². The minimum absolute atomic E-state index is 0.272. The molecule has 0 bridgehead atoms. The SMILES string of the molecule is Fc1ccc(OCCCOc2ccc(-n3cnnn3)cc2)cc1. The van der Waals surface area contributed by atoms with E-state index in [1.165, 1.54) is 18.5 Å². The first kappa shape index (κ1) is 15.0. The Balaban J connectivity index is 1.39. The second-order valence-corrected chi connectivity index (χ2v) is 4.75. The fourth-order valence-corrected chi connectivity index (χ4v) is 1.94. The number of halogens is 1. The average Bonchev–Trinajstić information content (AvgIpc) is 3.11. The van der Waals surface area contributed by atoms with Crippen LogP contribution in [0.2, 0.25) is 0 Å². The largest absolute Gasteiger partial charge is 0.493 e. The molecule has 7 heteroatoms. The highest BCUT2D eigenvalue weighted by molar-refractivity contribution is 5.36. The quantitative estimate of drug-likeness (QED) is 0.627. The van der Waals surface area contributed by atoms with Crippen molar-refractivity contribution in [2.45, 2.75) is 6.42 Å². The molecule has 3 aromatic rings. The van der Waals surface area contributed by atoms with E-state index in [4.69, 9.17) is 9.47 Å². The zero-order valence-electron chi connectivity index (χ0n) is 12.3. The summed E-state index contributed by atoms with van der Waals surface area (Å²) in [4.78, 5) is 0. The lowest BCUT2D eigenvalue weighted by atomic mass is 10.3. The molecule has 0 N–H and O–H groups in total. The summed E-state index contributed by atoms with van der Waals surface area (Å²) < 4.78 is 25.4. The first-order valence-corrected chi connectivity index (χ1v) is 7.16. The highest BCUT2D eigenvalue weighted by Gasteiger charge is 1.99. The predicted octanol–water partition coefficient (Wildman–Crippen LogP) is 2.65. The van der Waals surface area contributed by atoms with Crippen molar-refractivity contribution in [1.82, 2.24) is 20.2 Å². The van der Waals surface area contributed by atoms with Gasteiger partial charge in [0.2, 0.25) is 0 Å². The Morgan fingerprint density at radius 1 is 0.870 bits per heavy atom. The van der Waals surface area contributed by atoms with E-state index >= 15 is 0 Å². The Bertz CT molecular complexity index is 715. The second-order valence-electron chi connectivity index (χ2n) is 4.75. The van der Waals surface area contributed by atoms with Crippen molar-refractivity contribution < 1.29 is 13.9 Å². The number of rotatable bonds is 7. The van der Waals surface area contributed by atoms with Crippen molar-refractivity contribution in [2.24, 2.45) is 0 Å². The first-order chi connectivity index (χ1) is 11.3. The van der Waals surface area contributed by atoms with Crippen LogP contribution in [0.5, 0.6) is 11.5 Å². The molecule has 0 fully saturated rings. The third-order valence-corrected chi connectivity index (χ3v) is 3.09. The third-order valence-electron chi connectivity index (χ3n) is 3.09. The van der Waals surface area contributed by atoms with Crippen molar-refractivity contribution in [3.05, 3.63) is 60.7 Å². The summed E-state index contributed by atoms with van der Waals surface area (Å²) in [5, 5.41) is 11.0. The van der Waals surface area contributed by atoms with Gasteiger partial charge < -0.3 is 9.47 Å². The fraction of sp³-hybridized carbons (Fsp3) is 0.188. The number of hydrogen-bond donors (Lipinski definition) is 0. The molecule has 0 atom stereocenters. The maximum absolute atomic E-state index is 12.7. The molecule has 0 saturated heterocycles. The first-order valence-electron chi connectivity index (χ1n) is 7.16. The third kappa shape index (κ3) is 4.26. The number of nitrogens with zero attached hydrogens (tertiary/aromatic N) is 4. The zero-order chi connectivity index (χ0) is 15.9. The highest BCUT2D eigenvalue weighted by atomic mass is 19.1. The smallest absolute Gasteiger partial charge is 0.143 e. The van der Waals surface area contributed by atoms with Crippen LogP contribution in [0.3, 0.4) is 0 Å². The molecule has 1 heterocycles. The summed E-state index contributed by atoms with van der Waals surface area (Å²) in [6, 6.07) is 13.4. The molecule has 6 nitrogen and oxygen atoms in total. The number of aromatic nitrogens is 4. The maximum Gasteiger partial charge on any atom is 0.143 e.